The van der Waals surface area contributed by atoms with Crippen LogP contribution in [0.4, 0.5) is 0 Å². The van der Waals surface area contributed by atoms with Crippen LogP contribution in [0.2, 0.25) is 0 Å². The van der Waals surface area contributed by atoms with Crippen molar-refractivity contribution >= 4 is 11.2 Å². The summed E-state index contributed by atoms with van der Waals surface area (Å²) in [5.41, 5.74) is 0.178. The number of fused-ring (bicyclic) bond motifs is 1. The number of nitrogens with zero attached hydrogens (tertiary/aromatic N) is 5. The van der Waals surface area contributed by atoms with Gasteiger partial charge in [0.05, 0.1) is 33.6 Å². The molecule has 2 rings (SSSR count). The summed E-state index contributed by atoms with van der Waals surface area (Å²) in [7, 11) is 7.21. The third-order valence-corrected chi connectivity index (χ3v) is 4.08. The van der Waals surface area contributed by atoms with Crippen LogP contribution in [0.3, 0.4) is 0 Å². The lowest BCUT2D eigenvalue weighted by Crippen LogP contribution is -3.00. The van der Waals surface area contributed by atoms with Gasteiger partial charge in [-0.2, -0.15) is 0 Å². The number of hydrogen-bond donors (Lipinski definition) is 1. The Bertz CT molecular complexity index is 793. The van der Waals surface area contributed by atoms with E-state index in [4.69, 9.17) is 5.11 Å². The SMILES string of the molecule is Cn1c(=O)c2c(ncn2CCC[N+](C)(C)CCO)n(C)c1=O.O.[Cl-]. The zero-order valence-corrected chi connectivity index (χ0v) is 15.2. The highest BCUT2D eigenvalue weighted by molar-refractivity contribution is 5.69. The van der Waals surface area contributed by atoms with Crippen LogP contribution in [0.15, 0.2) is 15.9 Å². The molecular formula is C14H26ClN5O4. The van der Waals surface area contributed by atoms with Crippen LogP contribution in [0, 0.1) is 0 Å². The molecule has 2 heterocycles. The highest BCUT2D eigenvalue weighted by atomic mass is 35.5. The molecule has 0 spiro atoms. The largest absolute Gasteiger partial charge is 1.00 e. The molecule has 0 saturated carbocycles. The van der Waals surface area contributed by atoms with E-state index in [0.717, 1.165) is 22.0 Å². The zero-order valence-electron chi connectivity index (χ0n) is 14.5. The summed E-state index contributed by atoms with van der Waals surface area (Å²) in [4.78, 5) is 28.4. The molecule has 138 valence electrons. The van der Waals surface area contributed by atoms with Gasteiger partial charge in [-0.05, 0) is 0 Å². The van der Waals surface area contributed by atoms with Crippen LogP contribution >= 0.6 is 0 Å². The number of halogens is 1. The molecule has 2 aromatic rings. The van der Waals surface area contributed by atoms with Crippen molar-refractivity contribution in [3.63, 3.8) is 0 Å². The Kier molecular flexibility index (Phi) is 7.84. The Morgan fingerprint density at radius 3 is 2.38 bits per heavy atom. The first-order valence-electron chi connectivity index (χ1n) is 7.32. The van der Waals surface area contributed by atoms with E-state index in [9.17, 15) is 9.59 Å². The predicted molar refractivity (Wildman–Crippen MR) is 87.4 cm³/mol. The van der Waals surface area contributed by atoms with Crippen LogP contribution in [0.1, 0.15) is 6.42 Å². The molecule has 0 amide bonds. The standard InChI is InChI=1S/C14H24N5O3.ClH.H2O/c1-16-12-11(13(21)17(2)14(16)22)18(10-15-12)6-5-7-19(3,4)8-9-20;;/h10,20H,5-9H2,1-4H3;1H;1H2/q+1;;/p-1. The van der Waals surface area contributed by atoms with E-state index in [0.29, 0.717) is 24.3 Å². The second-order valence-corrected chi connectivity index (χ2v) is 6.28. The minimum Gasteiger partial charge on any atom is -1.00 e. The van der Waals surface area contributed by atoms with Crippen LogP contribution in [0.25, 0.3) is 11.2 Å². The zero-order chi connectivity index (χ0) is 16.5. The summed E-state index contributed by atoms with van der Waals surface area (Å²) in [6.07, 6.45) is 2.46. The van der Waals surface area contributed by atoms with Crippen LogP contribution in [-0.2, 0) is 20.6 Å². The van der Waals surface area contributed by atoms with Crippen molar-refractivity contribution in [2.45, 2.75) is 13.0 Å². The molecule has 0 atom stereocenters. The molecule has 9 nitrogen and oxygen atoms in total. The maximum atomic E-state index is 12.3. The smallest absolute Gasteiger partial charge is 0.332 e. The summed E-state index contributed by atoms with van der Waals surface area (Å²) in [5.74, 6) is 0. The van der Waals surface area contributed by atoms with Crippen molar-refractivity contribution in [2.75, 3.05) is 33.8 Å². The molecule has 0 aromatic carbocycles. The van der Waals surface area contributed by atoms with Gasteiger partial charge < -0.3 is 32.0 Å². The number of aliphatic hydroxyl groups excluding tert-OH is 1. The Balaban J connectivity index is 0.00000264. The van der Waals surface area contributed by atoms with Gasteiger partial charge in [-0.15, -0.1) is 0 Å². The fourth-order valence-electron chi connectivity index (χ4n) is 2.62. The molecule has 10 heteroatoms. The highest BCUT2D eigenvalue weighted by Crippen LogP contribution is 2.07. The average Bonchev–Trinajstić information content (AvgIpc) is 2.86. The van der Waals surface area contributed by atoms with Crippen molar-refractivity contribution < 1.29 is 27.5 Å². The molecule has 24 heavy (non-hydrogen) atoms. The van der Waals surface area contributed by atoms with Gasteiger partial charge >= 0.3 is 5.69 Å². The van der Waals surface area contributed by atoms with Gasteiger partial charge in [-0.25, -0.2) is 9.78 Å². The van der Waals surface area contributed by atoms with E-state index < -0.39 is 0 Å². The summed E-state index contributed by atoms with van der Waals surface area (Å²) in [6, 6.07) is 0. The Labute approximate surface area is 146 Å². The maximum absolute atomic E-state index is 12.3. The predicted octanol–water partition coefficient (Wildman–Crippen LogP) is -4.93. The second-order valence-electron chi connectivity index (χ2n) is 6.28. The maximum Gasteiger partial charge on any atom is 0.332 e. The number of rotatable bonds is 6. The van der Waals surface area contributed by atoms with E-state index in [1.54, 1.807) is 17.9 Å². The molecule has 3 N–H and O–H groups in total. The van der Waals surface area contributed by atoms with E-state index >= 15 is 0 Å². The molecule has 0 unspecified atom stereocenters. The minimum atomic E-state index is -0.372. The van der Waals surface area contributed by atoms with Crippen LogP contribution in [-0.4, -0.2) is 67.5 Å². The van der Waals surface area contributed by atoms with E-state index in [-0.39, 0.29) is 35.7 Å². The van der Waals surface area contributed by atoms with Crippen molar-refractivity contribution in [3.05, 3.63) is 27.2 Å². The summed E-state index contributed by atoms with van der Waals surface area (Å²) in [6.45, 7) is 2.38. The van der Waals surface area contributed by atoms with E-state index in [1.165, 1.54) is 11.6 Å². The number of aromatic nitrogens is 4. The first-order chi connectivity index (χ1) is 10.3. The monoisotopic (exact) mass is 363 g/mol. The number of aliphatic hydroxyl groups is 1. The van der Waals surface area contributed by atoms with Gasteiger partial charge in [0.15, 0.2) is 11.2 Å². The van der Waals surface area contributed by atoms with Gasteiger partial charge in [0, 0.05) is 27.1 Å². The number of likely N-dealkylation sites (N-methyl/N-ethyl adjacent to an activating group) is 1. The third-order valence-electron chi connectivity index (χ3n) is 4.08. The fraction of sp³-hybridized carbons (Fsp3) is 0.643. The van der Waals surface area contributed by atoms with E-state index in [2.05, 4.69) is 19.1 Å². The molecule has 0 aliphatic carbocycles. The fourth-order valence-corrected chi connectivity index (χ4v) is 2.62. The van der Waals surface area contributed by atoms with Crippen LogP contribution in [0.5, 0.6) is 0 Å². The molecule has 0 saturated heterocycles. The molecule has 0 bridgehead atoms. The Morgan fingerprint density at radius 2 is 1.79 bits per heavy atom. The lowest BCUT2D eigenvalue weighted by molar-refractivity contribution is -0.890. The van der Waals surface area contributed by atoms with Gasteiger partial charge in [0.25, 0.3) is 5.56 Å². The number of imidazole rings is 1. The third kappa shape index (κ3) is 4.23. The quantitative estimate of drug-likeness (QED) is 0.518. The first kappa shape index (κ1) is 22.3. The van der Waals surface area contributed by atoms with Crippen molar-refractivity contribution in [3.8, 4) is 0 Å². The molecule has 0 radical (unpaired) electrons. The summed E-state index contributed by atoms with van der Waals surface area (Å²) in [5, 5.41) is 9.04. The van der Waals surface area contributed by atoms with Gasteiger partial charge in [0.2, 0.25) is 0 Å². The normalized spacial score (nSPS) is 11.2. The Morgan fingerprint density at radius 1 is 1.17 bits per heavy atom. The van der Waals surface area contributed by atoms with Crippen molar-refractivity contribution in [1.29, 1.82) is 0 Å². The lowest BCUT2D eigenvalue weighted by atomic mass is 10.3. The molecule has 2 aromatic heterocycles. The summed E-state index contributed by atoms with van der Waals surface area (Å²) >= 11 is 0. The van der Waals surface area contributed by atoms with Gasteiger partial charge in [0.1, 0.15) is 6.54 Å². The topological polar surface area (TPSA) is 114 Å². The van der Waals surface area contributed by atoms with Crippen molar-refractivity contribution in [2.24, 2.45) is 14.1 Å². The minimum absolute atomic E-state index is 0. The number of hydrogen-bond acceptors (Lipinski definition) is 4. The average molecular weight is 364 g/mol. The lowest BCUT2D eigenvalue weighted by Gasteiger charge is -2.28. The van der Waals surface area contributed by atoms with E-state index in [1.807, 2.05) is 0 Å². The van der Waals surface area contributed by atoms with Gasteiger partial charge in [-0.3, -0.25) is 13.9 Å². The molecule has 0 aliphatic rings. The number of quaternary nitrogens is 1. The summed E-state index contributed by atoms with van der Waals surface area (Å²) < 4.78 is 5.01. The van der Waals surface area contributed by atoms with Gasteiger partial charge in [-0.1, -0.05) is 0 Å². The molecule has 0 aliphatic heterocycles. The number of aryl methyl sites for hydroxylation is 2. The molecule has 0 fully saturated rings. The Hall–Kier alpha value is -1.68. The first-order valence-corrected chi connectivity index (χ1v) is 7.32. The second kappa shape index (κ2) is 8.43. The van der Waals surface area contributed by atoms with Crippen LogP contribution < -0.4 is 23.7 Å². The highest BCUT2D eigenvalue weighted by Gasteiger charge is 2.16. The van der Waals surface area contributed by atoms with Crippen molar-refractivity contribution in [1.82, 2.24) is 18.7 Å². The molecular weight excluding hydrogens is 338 g/mol.